The maximum absolute atomic E-state index is 12.8. The molecule has 2 amide bonds. The van der Waals surface area contributed by atoms with E-state index in [9.17, 15) is 19.2 Å². The highest BCUT2D eigenvalue weighted by Gasteiger charge is 2.40. The standard InChI is InChI=1S/C22H22ClNO6/c1-4-11-29-21(28)22(2,3)30-20(27)16-12-13(9-10-17(16)23)24-18(25)14-7-5-6-8-15(14)19(24)26/h4,9-10,12H,1,5-8,11H2,2-3H3. The summed E-state index contributed by atoms with van der Waals surface area (Å²) in [6, 6.07) is 4.23. The minimum Gasteiger partial charge on any atom is -0.459 e. The fraction of sp³-hybridized carbons (Fsp3) is 0.364. The Bertz CT molecular complexity index is 950. The first-order chi connectivity index (χ1) is 14.2. The number of carbonyl (C=O) groups is 4. The van der Waals surface area contributed by atoms with E-state index in [1.54, 1.807) is 0 Å². The first-order valence-electron chi connectivity index (χ1n) is 9.59. The summed E-state index contributed by atoms with van der Waals surface area (Å²) >= 11 is 6.16. The van der Waals surface area contributed by atoms with Crippen molar-refractivity contribution in [1.29, 1.82) is 0 Å². The van der Waals surface area contributed by atoms with Gasteiger partial charge < -0.3 is 9.47 Å². The number of rotatable bonds is 6. The van der Waals surface area contributed by atoms with Gasteiger partial charge in [0, 0.05) is 11.1 Å². The number of anilines is 1. The van der Waals surface area contributed by atoms with Crippen molar-refractivity contribution in [3.8, 4) is 0 Å². The number of esters is 2. The van der Waals surface area contributed by atoms with E-state index in [0.29, 0.717) is 24.0 Å². The van der Waals surface area contributed by atoms with E-state index < -0.39 is 17.5 Å². The van der Waals surface area contributed by atoms with Crippen molar-refractivity contribution in [3.63, 3.8) is 0 Å². The average molecular weight is 432 g/mol. The van der Waals surface area contributed by atoms with Crippen molar-refractivity contribution in [2.45, 2.75) is 45.1 Å². The van der Waals surface area contributed by atoms with Crippen LogP contribution in [-0.2, 0) is 23.9 Å². The number of halogens is 1. The van der Waals surface area contributed by atoms with E-state index in [0.717, 1.165) is 17.7 Å². The molecule has 0 saturated carbocycles. The van der Waals surface area contributed by atoms with Crippen LogP contribution in [0.25, 0.3) is 0 Å². The van der Waals surface area contributed by atoms with E-state index in [4.69, 9.17) is 21.1 Å². The molecular weight excluding hydrogens is 410 g/mol. The van der Waals surface area contributed by atoms with Crippen LogP contribution in [-0.4, -0.2) is 36.0 Å². The number of benzene rings is 1. The van der Waals surface area contributed by atoms with Gasteiger partial charge in [0.15, 0.2) is 0 Å². The highest BCUT2D eigenvalue weighted by Crippen LogP contribution is 2.36. The molecule has 0 unspecified atom stereocenters. The molecule has 0 spiro atoms. The summed E-state index contributed by atoms with van der Waals surface area (Å²) in [5.41, 5.74) is -0.334. The molecule has 0 N–H and O–H groups in total. The molecule has 8 heteroatoms. The Labute approximate surface area is 179 Å². The van der Waals surface area contributed by atoms with Gasteiger partial charge >= 0.3 is 11.9 Å². The first kappa shape index (κ1) is 21.8. The molecule has 3 rings (SSSR count). The molecule has 1 aliphatic carbocycles. The first-order valence-corrected chi connectivity index (χ1v) is 9.97. The molecule has 1 aliphatic heterocycles. The lowest BCUT2D eigenvalue weighted by molar-refractivity contribution is -0.161. The molecule has 1 aromatic carbocycles. The Kier molecular flexibility index (Phi) is 6.12. The van der Waals surface area contributed by atoms with Crippen LogP contribution in [0.5, 0.6) is 0 Å². The van der Waals surface area contributed by atoms with Crippen LogP contribution in [0.15, 0.2) is 42.0 Å². The van der Waals surface area contributed by atoms with Crippen LogP contribution in [0.4, 0.5) is 5.69 Å². The maximum Gasteiger partial charge on any atom is 0.350 e. The lowest BCUT2D eigenvalue weighted by Crippen LogP contribution is -2.39. The second-order valence-corrected chi connectivity index (χ2v) is 7.97. The zero-order valence-corrected chi connectivity index (χ0v) is 17.6. The zero-order valence-electron chi connectivity index (χ0n) is 16.8. The van der Waals surface area contributed by atoms with Crippen LogP contribution < -0.4 is 4.90 Å². The number of amides is 2. The summed E-state index contributed by atoms with van der Waals surface area (Å²) < 4.78 is 10.2. The summed E-state index contributed by atoms with van der Waals surface area (Å²) in [7, 11) is 0. The molecule has 1 aromatic rings. The molecule has 30 heavy (non-hydrogen) atoms. The summed E-state index contributed by atoms with van der Waals surface area (Å²) in [6.45, 7) is 6.21. The average Bonchev–Trinajstić information content (AvgIpc) is 2.97. The third kappa shape index (κ3) is 4.03. The fourth-order valence-corrected chi connectivity index (χ4v) is 3.61. The van der Waals surface area contributed by atoms with Crippen molar-refractivity contribution in [1.82, 2.24) is 0 Å². The van der Waals surface area contributed by atoms with Crippen molar-refractivity contribution in [2.24, 2.45) is 0 Å². The Morgan fingerprint density at radius 1 is 1.17 bits per heavy atom. The van der Waals surface area contributed by atoms with Crippen molar-refractivity contribution < 1.29 is 28.7 Å². The molecule has 2 aliphatic rings. The molecule has 0 aromatic heterocycles. The van der Waals surface area contributed by atoms with Crippen molar-refractivity contribution in [2.75, 3.05) is 11.5 Å². The Morgan fingerprint density at radius 2 is 1.77 bits per heavy atom. The van der Waals surface area contributed by atoms with Crippen LogP contribution in [0, 0.1) is 0 Å². The van der Waals surface area contributed by atoms with Gasteiger partial charge in [-0.1, -0.05) is 24.3 Å². The third-order valence-electron chi connectivity index (χ3n) is 4.99. The van der Waals surface area contributed by atoms with Crippen LogP contribution >= 0.6 is 11.6 Å². The van der Waals surface area contributed by atoms with E-state index in [1.165, 1.54) is 38.1 Å². The monoisotopic (exact) mass is 431 g/mol. The smallest absolute Gasteiger partial charge is 0.350 e. The zero-order chi connectivity index (χ0) is 22.1. The van der Waals surface area contributed by atoms with Gasteiger partial charge in [-0.15, -0.1) is 0 Å². The van der Waals surface area contributed by atoms with E-state index in [1.807, 2.05) is 0 Å². The Morgan fingerprint density at radius 3 is 2.33 bits per heavy atom. The van der Waals surface area contributed by atoms with Gasteiger partial charge in [-0.2, -0.15) is 0 Å². The number of imide groups is 1. The number of hydrogen-bond donors (Lipinski definition) is 0. The molecule has 0 bridgehead atoms. The third-order valence-corrected chi connectivity index (χ3v) is 5.32. The van der Waals surface area contributed by atoms with Crippen LogP contribution in [0.1, 0.15) is 49.9 Å². The largest absolute Gasteiger partial charge is 0.459 e. The molecule has 7 nitrogen and oxygen atoms in total. The van der Waals surface area contributed by atoms with Crippen molar-refractivity contribution in [3.05, 3.63) is 52.6 Å². The van der Waals surface area contributed by atoms with E-state index in [-0.39, 0.29) is 34.7 Å². The van der Waals surface area contributed by atoms with Gasteiger partial charge in [-0.3, -0.25) is 9.59 Å². The van der Waals surface area contributed by atoms with Gasteiger partial charge in [0.1, 0.15) is 6.61 Å². The van der Waals surface area contributed by atoms with Gasteiger partial charge in [-0.25, -0.2) is 14.5 Å². The molecule has 0 atom stereocenters. The predicted octanol–water partition coefficient (Wildman–Crippen LogP) is 3.75. The number of ether oxygens (including phenoxy) is 2. The fourth-order valence-electron chi connectivity index (χ4n) is 3.42. The molecule has 1 heterocycles. The lowest BCUT2D eigenvalue weighted by Gasteiger charge is -2.23. The summed E-state index contributed by atoms with van der Waals surface area (Å²) in [4.78, 5) is 51.4. The Hall–Kier alpha value is -2.93. The summed E-state index contributed by atoms with van der Waals surface area (Å²) in [5, 5.41) is 0.0656. The molecular formula is C22H22ClNO6. The quantitative estimate of drug-likeness (QED) is 0.387. The van der Waals surface area contributed by atoms with Crippen LogP contribution in [0.3, 0.4) is 0 Å². The van der Waals surface area contributed by atoms with Gasteiger partial charge in [0.05, 0.1) is 16.3 Å². The van der Waals surface area contributed by atoms with E-state index >= 15 is 0 Å². The minimum atomic E-state index is -1.57. The number of hydrogen-bond acceptors (Lipinski definition) is 6. The van der Waals surface area contributed by atoms with E-state index in [2.05, 4.69) is 6.58 Å². The molecule has 0 fully saturated rings. The normalized spacial score (nSPS) is 16.4. The van der Waals surface area contributed by atoms with Crippen molar-refractivity contribution >= 4 is 41.0 Å². The topological polar surface area (TPSA) is 90.0 Å². The highest BCUT2D eigenvalue weighted by molar-refractivity contribution is 6.35. The highest BCUT2D eigenvalue weighted by atomic mass is 35.5. The minimum absolute atomic E-state index is 0.0209. The number of carbonyl (C=O) groups excluding carboxylic acids is 4. The SMILES string of the molecule is C=CCOC(=O)C(C)(C)OC(=O)c1cc(N2C(=O)C3=C(CCCC3)C2=O)ccc1Cl. The van der Waals surface area contributed by atoms with Gasteiger partial charge in [0.25, 0.3) is 11.8 Å². The number of nitrogens with zero attached hydrogens (tertiary/aromatic N) is 1. The molecule has 0 saturated heterocycles. The van der Waals surface area contributed by atoms with Gasteiger partial charge in [-0.05, 0) is 57.7 Å². The summed E-state index contributed by atoms with van der Waals surface area (Å²) in [5.74, 6) is -2.36. The van der Waals surface area contributed by atoms with Crippen LogP contribution in [0.2, 0.25) is 5.02 Å². The molecule has 0 radical (unpaired) electrons. The maximum atomic E-state index is 12.8. The summed E-state index contributed by atoms with van der Waals surface area (Å²) in [6.07, 6.45) is 4.26. The van der Waals surface area contributed by atoms with Gasteiger partial charge in [0.2, 0.25) is 5.60 Å². The predicted molar refractivity (Wildman–Crippen MR) is 110 cm³/mol. The Balaban J connectivity index is 1.85. The molecule has 158 valence electrons. The second-order valence-electron chi connectivity index (χ2n) is 7.56. The lowest BCUT2D eigenvalue weighted by atomic mass is 9.93. The second kappa shape index (κ2) is 8.44.